The van der Waals surface area contributed by atoms with Crippen LogP contribution in [0.5, 0.6) is 0 Å². The summed E-state index contributed by atoms with van der Waals surface area (Å²) in [5.74, 6) is 0. The molecule has 108 valence electrons. The van der Waals surface area contributed by atoms with E-state index < -0.39 is 0 Å². The fourth-order valence-electron chi connectivity index (χ4n) is 1.61. The molecule has 0 radical (unpaired) electrons. The molecule has 0 spiro atoms. The minimum absolute atomic E-state index is 0.545. The van der Waals surface area contributed by atoms with Crippen molar-refractivity contribution in [3.8, 4) is 0 Å². The average Bonchev–Trinajstić information content (AvgIpc) is 2.32. The van der Waals surface area contributed by atoms with Crippen molar-refractivity contribution in [2.45, 2.75) is 79.1 Å². The third-order valence-electron chi connectivity index (χ3n) is 2.53. The lowest BCUT2D eigenvalue weighted by Crippen LogP contribution is -2.03. The van der Waals surface area contributed by atoms with Crippen molar-refractivity contribution in [3.05, 3.63) is 0 Å². The second-order valence-electron chi connectivity index (χ2n) is 5.43. The van der Waals surface area contributed by atoms with Gasteiger partial charge in [-0.1, -0.05) is 72.6 Å². The van der Waals surface area contributed by atoms with Crippen molar-refractivity contribution in [1.82, 2.24) is 0 Å². The zero-order valence-corrected chi connectivity index (χ0v) is 13.1. The maximum absolute atomic E-state index is 7.00. The molecule has 2 N–H and O–H groups in total. The van der Waals surface area contributed by atoms with Gasteiger partial charge in [0.2, 0.25) is 0 Å². The van der Waals surface area contributed by atoms with Crippen LogP contribution in [-0.4, -0.2) is 24.4 Å². The largest absolute Gasteiger partial charge is 0.400 e. The molecule has 0 bridgehead atoms. The highest BCUT2D eigenvalue weighted by atomic mass is 16.2. The third-order valence-corrected chi connectivity index (χ3v) is 2.53. The van der Waals surface area contributed by atoms with Crippen LogP contribution < -0.4 is 0 Å². The Kier molecular flexibility index (Phi) is 23.8. The fourth-order valence-corrected chi connectivity index (χ4v) is 1.61. The summed E-state index contributed by atoms with van der Waals surface area (Å²) >= 11 is 0. The van der Waals surface area contributed by atoms with Crippen molar-refractivity contribution in [1.29, 1.82) is 0 Å². The van der Waals surface area contributed by atoms with E-state index in [2.05, 4.69) is 27.7 Å². The molecular formula is C15H36O2. The first-order valence-electron chi connectivity index (χ1n) is 6.96. The van der Waals surface area contributed by atoms with Crippen LogP contribution in [0.15, 0.2) is 0 Å². The first-order valence-corrected chi connectivity index (χ1v) is 6.96. The van der Waals surface area contributed by atoms with E-state index in [0.29, 0.717) is 5.41 Å². The van der Waals surface area contributed by atoms with Crippen LogP contribution in [0.2, 0.25) is 0 Å². The zero-order valence-electron chi connectivity index (χ0n) is 13.1. The van der Waals surface area contributed by atoms with Gasteiger partial charge in [0.05, 0.1) is 0 Å². The standard InChI is InChI=1S/C13H28.2CH4O/c1-5-6-7-8-9-10-11-12-13(2,3)4;2*1-2/h5-12H2,1-4H3;2*2H,1H3. The van der Waals surface area contributed by atoms with Crippen LogP contribution in [0.3, 0.4) is 0 Å². The number of unbranched alkanes of at least 4 members (excludes halogenated alkanes) is 6. The Morgan fingerprint density at radius 3 is 1.35 bits per heavy atom. The van der Waals surface area contributed by atoms with E-state index >= 15 is 0 Å². The highest BCUT2D eigenvalue weighted by molar-refractivity contribution is 4.60. The number of aliphatic hydroxyl groups excluding tert-OH is 2. The van der Waals surface area contributed by atoms with Crippen molar-refractivity contribution >= 4 is 0 Å². The lowest BCUT2D eigenvalue weighted by Gasteiger charge is -2.17. The highest BCUT2D eigenvalue weighted by Gasteiger charge is 2.08. The summed E-state index contributed by atoms with van der Waals surface area (Å²) in [7, 11) is 2.00. The lowest BCUT2D eigenvalue weighted by molar-refractivity contribution is 0.356. The van der Waals surface area contributed by atoms with Crippen LogP contribution in [0.4, 0.5) is 0 Å². The van der Waals surface area contributed by atoms with E-state index in [1.165, 1.54) is 51.4 Å². The summed E-state index contributed by atoms with van der Waals surface area (Å²) in [6.07, 6.45) is 11.4. The van der Waals surface area contributed by atoms with Gasteiger partial charge in [-0.3, -0.25) is 0 Å². The summed E-state index contributed by atoms with van der Waals surface area (Å²) in [5, 5.41) is 14.0. The maximum Gasteiger partial charge on any atom is 0.0319 e. The van der Waals surface area contributed by atoms with Crippen LogP contribution in [0, 0.1) is 5.41 Å². The summed E-state index contributed by atoms with van der Waals surface area (Å²) in [4.78, 5) is 0. The van der Waals surface area contributed by atoms with Crippen molar-refractivity contribution in [2.75, 3.05) is 14.2 Å². The van der Waals surface area contributed by atoms with E-state index in [9.17, 15) is 0 Å². The van der Waals surface area contributed by atoms with Gasteiger partial charge >= 0.3 is 0 Å². The molecule has 0 aromatic heterocycles. The molecule has 0 aliphatic heterocycles. The molecule has 0 atom stereocenters. The summed E-state index contributed by atoms with van der Waals surface area (Å²) in [5.41, 5.74) is 0.545. The summed E-state index contributed by atoms with van der Waals surface area (Å²) < 4.78 is 0. The van der Waals surface area contributed by atoms with Crippen LogP contribution in [0.25, 0.3) is 0 Å². The first-order chi connectivity index (χ1) is 8.06. The molecule has 0 rings (SSSR count). The molecule has 2 heteroatoms. The molecule has 0 aliphatic rings. The Hall–Kier alpha value is -0.0800. The normalized spacial score (nSPS) is 9.88. The monoisotopic (exact) mass is 248 g/mol. The Morgan fingerprint density at radius 2 is 1.00 bits per heavy atom. The van der Waals surface area contributed by atoms with Crippen molar-refractivity contribution in [3.63, 3.8) is 0 Å². The van der Waals surface area contributed by atoms with Gasteiger partial charge in [-0.05, 0) is 11.8 Å². The van der Waals surface area contributed by atoms with Crippen LogP contribution in [-0.2, 0) is 0 Å². The van der Waals surface area contributed by atoms with Crippen LogP contribution in [0.1, 0.15) is 79.1 Å². The molecule has 17 heavy (non-hydrogen) atoms. The van der Waals surface area contributed by atoms with Gasteiger partial charge in [0.15, 0.2) is 0 Å². The fraction of sp³-hybridized carbons (Fsp3) is 1.00. The zero-order chi connectivity index (χ0) is 14.2. The molecule has 0 aliphatic carbocycles. The van der Waals surface area contributed by atoms with Gasteiger partial charge in [-0.25, -0.2) is 0 Å². The molecule has 0 unspecified atom stereocenters. The molecule has 0 saturated carbocycles. The second-order valence-corrected chi connectivity index (χ2v) is 5.43. The average molecular weight is 248 g/mol. The minimum atomic E-state index is 0.545. The van der Waals surface area contributed by atoms with Crippen molar-refractivity contribution in [2.24, 2.45) is 5.41 Å². The van der Waals surface area contributed by atoms with E-state index in [0.717, 1.165) is 14.2 Å². The number of rotatable bonds is 7. The van der Waals surface area contributed by atoms with E-state index in [1.54, 1.807) is 0 Å². The topological polar surface area (TPSA) is 40.5 Å². The summed E-state index contributed by atoms with van der Waals surface area (Å²) in [6, 6.07) is 0. The predicted octanol–water partition coefficient (Wildman–Crippen LogP) is 4.39. The maximum atomic E-state index is 7.00. The Bertz CT molecular complexity index is 106. The molecule has 0 amide bonds. The van der Waals surface area contributed by atoms with E-state index in [4.69, 9.17) is 10.2 Å². The van der Waals surface area contributed by atoms with Gasteiger partial charge in [0.1, 0.15) is 0 Å². The molecule has 2 nitrogen and oxygen atoms in total. The summed E-state index contributed by atoms with van der Waals surface area (Å²) in [6.45, 7) is 9.29. The molecule has 0 aromatic carbocycles. The Morgan fingerprint density at radius 1 is 0.647 bits per heavy atom. The highest BCUT2D eigenvalue weighted by Crippen LogP contribution is 2.22. The molecule has 0 fully saturated rings. The molecular weight excluding hydrogens is 212 g/mol. The van der Waals surface area contributed by atoms with Gasteiger partial charge in [0.25, 0.3) is 0 Å². The predicted molar refractivity (Wildman–Crippen MR) is 78.4 cm³/mol. The van der Waals surface area contributed by atoms with Crippen molar-refractivity contribution < 1.29 is 10.2 Å². The Labute approximate surface area is 109 Å². The van der Waals surface area contributed by atoms with E-state index in [-0.39, 0.29) is 0 Å². The molecule has 0 saturated heterocycles. The number of hydrogen-bond acceptors (Lipinski definition) is 2. The third kappa shape index (κ3) is 31.3. The number of aliphatic hydroxyl groups is 2. The molecule has 0 aromatic rings. The second kappa shape index (κ2) is 18.3. The van der Waals surface area contributed by atoms with Gasteiger partial charge in [0, 0.05) is 14.2 Å². The van der Waals surface area contributed by atoms with E-state index in [1.807, 2.05) is 0 Å². The quantitative estimate of drug-likeness (QED) is 0.656. The van der Waals surface area contributed by atoms with Gasteiger partial charge < -0.3 is 10.2 Å². The smallest absolute Gasteiger partial charge is 0.0319 e. The van der Waals surface area contributed by atoms with Gasteiger partial charge in [-0.15, -0.1) is 0 Å². The van der Waals surface area contributed by atoms with Gasteiger partial charge in [-0.2, -0.15) is 0 Å². The number of hydrogen-bond donors (Lipinski definition) is 2. The SMILES string of the molecule is CCCCCCCCCC(C)(C)C.CO.CO. The first kappa shape index (κ1) is 22.1. The minimum Gasteiger partial charge on any atom is -0.400 e. The van der Waals surface area contributed by atoms with Crippen LogP contribution >= 0.6 is 0 Å². The lowest BCUT2D eigenvalue weighted by atomic mass is 9.89. The molecule has 0 heterocycles. The Balaban J connectivity index is -0.000000439.